The molecule has 2 N–H and O–H groups in total. The molecule has 0 bridgehead atoms. The highest BCUT2D eigenvalue weighted by Crippen LogP contribution is 2.21. The number of rotatable bonds is 5. The molecule has 0 heterocycles. The summed E-state index contributed by atoms with van der Waals surface area (Å²) in [5.74, 6) is 0. The molecule has 22 heavy (non-hydrogen) atoms. The zero-order valence-corrected chi connectivity index (χ0v) is 14.0. The maximum absolute atomic E-state index is 12.3. The van der Waals surface area contributed by atoms with Crippen molar-refractivity contribution < 1.29 is 13.9 Å². The summed E-state index contributed by atoms with van der Waals surface area (Å²) in [6, 6.07) is 3.62. The van der Waals surface area contributed by atoms with Gasteiger partial charge in [0.05, 0.1) is 9.82 Å². The molecule has 0 aliphatic heterocycles. The largest absolute Gasteiger partial charge is 0.333 e. The molecule has 0 aromatic heterocycles. The zero-order valence-electron chi connectivity index (χ0n) is 13.1. The molecule has 1 rings (SSSR count). The summed E-state index contributed by atoms with van der Waals surface area (Å²) in [5.41, 5.74) is 0.104. The van der Waals surface area contributed by atoms with Gasteiger partial charge in [-0.25, -0.2) is 9.00 Å². The molecule has 0 aliphatic carbocycles. The zero-order chi connectivity index (χ0) is 16.9. The summed E-state index contributed by atoms with van der Waals surface area (Å²) in [4.78, 5) is 22.4. The molecule has 7 nitrogen and oxygen atoms in total. The fourth-order valence-electron chi connectivity index (χ4n) is 1.81. The van der Waals surface area contributed by atoms with Crippen LogP contribution in [0.1, 0.15) is 39.7 Å². The first kappa shape index (κ1) is 18.1. The molecular formula is C14H21N3O4S. The van der Waals surface area contributed by atoms with Gasteiger partial charge in [0.2, 0.25) is 0 Å². The second kappa shape index (κ2) is 7.35. The van der Waals surface area contributed by atoms with Gasteiger partial charge in [0, 0.05) is 17.7 Å². The van der Waals surface area contributed by atoms with E-state index in [0.29, 0.717) is 6.42 Å². The number of benzene rings is 1. The molecule has 1 aromatic rings. The Morgan fingerprint density at radius 2 is 2.00 bits per heavy atom. The summed E-state index contributed by atoms with van der Waals surface area (Å²) in [7, 11) is -1.85. The minimum Gasteiger partial charge on any atom is -0.333 e. The Morgan fingerprint density at radius 3 is 2.50 bits per heavy atom. The lowest BCUT2D eigenvalue weighted by atomic mass is 10.1. The number of nitro groups is 1. The number of aryl methyl sites for hydroxylation is 1. The maximum Gasteiger partial charge on any atom is 0.327 e. The smallest absolute Gasteiger partial charge is 0.327 e. The van der Waals surface area contributed by atoms with Crippen LogP contribution in [-0.2, 0) is 17.4 Å². The van der Waals surface area contributed by atoms with Gasteiger partial charge in [-0.1, -0.05) is 19.4 Å². The number of hydrogen-bond donors (Lipinski definition) is 2. The van der Waals surface area contributed by atoms with Gasteiger partial charge >= 0.3 is 6.03 Å². The summed E-state index contributed by atoms with van der Waals surface area (Å²) in [5, 5.41) is 13.5. The van der Waals surface area contributed by atoms with Gasteiger partial charge in [-0.15, -0.1) is 0 Å². The molecule has 0 spiro atoms. The molecule has 0 aliphatic rings. The monoisotopic (exact) mass is 327 g/mol. The number of non-ortho nitro benzene ring substituents is 1. The minimum absolute atomic E-state index is 0.152. The third kappa shape index (κ3) is 5.44. The highest BCUT2D eigenvalue weighted by Gasteiger charge is 2.19. The van der Waals surface area contributed by atoms with E-state index in [2.05, 4.69) is 10.0 Å². The second-order valence-corrected chi connectivity index (χ2v) is 7.06. The summed E-state index contributed by atoms with van der Waals surface area (Å²) in [6.45, 7) is 7.34. The minimum atomic E-state index is -1.85. The Labute approximate surface area is 132 Å². The average molecular weight is 327 g/mol. The van der Waals surface area contributed by atoms with E-state index in [1.54, 1.807) is 26.8 Å². The first-order valence-electron chi connectivity index (χ1n) is 6.92. The van der Waals surface area contributed by atoms with Crippen molar-refractivity contribution in [1.82, 2.24) is 10.0 Å². The van der Waals surface area contributed by atoms with Gasteiger partial charge in [0.1, 0.15) is 0 Å². The van der Waals surface area contributed by atoms with Crippen LogP contribution in [0.4, 0.5) is 10.5 Å². The van der Waals surface area contributed by atoms with Crippen LogP contribution in [0.3, 0.4) is 0 Å². The van der Waals surface area contributed by atoms with Crippen molar-refractivity contribution in [1.29, 1.82) is 0 Å². The molecule has 8 heteroatoms. The second-order valence-electron chi connectivity index (χ2n) is 5.87. The first-order valence-corrected chi connectivity index (χ1v) is 8.07. The highest BCUT2D eigenvalue weighted by molar-refractivity contribution is 7.83. The van der Waals surface area contributed by atoms with Gasteiger partial charge < -0.3 is 5.32 Å². The number of nitrogens with one attached hydrogen (secondary N) is 2. The summed E-state index contributed by atoms with van der Waals surface area (Å²) < 4.78 is 14.6. The molecule has 122 valence electrons. The molecule has 0 radical (unpaired) electrons. The van der Waals surface area contributed by atoms with E-state index in [-0.39, 0.29) is 10.6 Å². The third-order valence-corrected chi connectivity index (χ3v) is 3.80. The fourth-order valence-corrected chi connectivity index (χ4v) is 2.78. The number of urea groups is 1. The van der Waals surface area contributed by atoms with Crippen LogP contribution in [-0.4, -0.2) is 20.7 Å². The summed E-state index contributed by atoms with van der Waals surface area (Å²) in [6.07, 6.45) is 1.43. The van der Waals surface area contributed by atoms with E-state index in [1.807, 2.05) is 6.92 Å². The lowest BCUT2D eigenvalue weighted by molar-refractivity contribution is -0.385. The van der Waals surface area contributed by atoms with E-state index in [4.69, 9.17) is 0 Å². The number of hydrogen-bond acceptors (Lipinski definition) is 4. The van der Waals surface area contributed by atoms with Crippen LogP contribution in [0.25, 0.3) is 0 Å². The molecule has 0 saturated carbocycles. The summed E-state index contributed by atoms with van der Waals surface area (Å²) >= 11 is 0. The topological polar surface area (TPSA) is 101 Å². The van der Waals surface area contributed by atoms with E-state index in [1.165, 1.54) is 12.1 Å². The van der Waals surface area contributed by atoms with Crippen LogP contribution in [0.2, 0.25) is 0 Å². The molecule has 1 atom stereocenters. The Bertz CT molecular complexity index is 596. The SMILES string of the molecule is CCCc1ccc([N+](=O)[O-])cc1S(=O)NC(=O)NC(C)(C)C. The number of nitrogens with zero attached hydrogens (tertiary/aromatic N) is 1. The van der Waals surface area contributed by atoms with Crippen LogP contribution in [0, 0.1) is 10.1 Å². The van der Waals surface area contributed by atoms with Crippen molar-refractivity contribution in [2.75, 3.05) is 0 Å². The standard InChI is InChI=1S/C14H21N3O4S/c1-5-6-10-7-8-11(17(19)20)9-12(10)22(21)16-13(18)15-14(2,3)4/h7-9H,5-6H2,1-4H3,(H2,15,16,18). The van der Waals surface area contributed by atoms with E-state index in [0.717, 1.165) is 12.0 Å². The van der Waals surface area contributed by atoms with Crippen molar-refractivity contribution in [2.45, 2.75) is 51.0 Å². The predicted octanol–water partition coefficient (Wildman–Crippen LogP) is 2.67. The van der Waals surface area contributed by atoms with Crippen LogP contribution >= 0.6 is 0 Å². The van der Waals surface area contributed by atoms with Gasteiger partial charge in [-0.05, 0) is 32.8 Å². The fraction of sp³-hybridized carbons (Fsp3) is 0.500. The van der Waals surface area contributed by atoms with Crippen molar-refractivity contribution in [3.05, 3.63) is 33.9 Å². The van der Waals surface area contributed by atoms with Gasteiger partial charge in [0.15, 0.2) is 11.0 Å². The van der Waals surface area contributed by atoms with Gasteiger partial charge in [0.25, 0.3) is 5.69 Å². The van der Waals surface area contributed by atoms with Crippen molar-refractivity contribution in [3.8, 4) is 0 Å². The van der Waals surface area contributed by atoms with Crippen LogP contribution in [0.15, 0.2) is 23.1 Å². The molecule has 1 aromatic carbocycles. The van der Waals surface area contributed by atoms with Gasteiger partial charge in [-0.2, -0.15) is 0 Å². The normalized spacial score (nSPS) is 12.5. The Kier molecular flexibility index (Phi) is 6.04. The Balaban J connectivity index is 3.01. The van der Waals surface area contributed by atoms with E-state index >= 15 is 0 Å². The third-order valence-electron chi connectivity index (χ3n) is 2.65. The van der Waals surface area contributed by atoms with Crippen LogP contribution in [0.5, 0.6) is 0 Å². The average Bonchev–Trinajstić information content (AvgIpc) is 2.36. The molecule has 0 saturated heterocycles. The quantitative estimate of drug-likeness (QED) is 0.641. The molecule has 1 unspecified atom stereocenters. The Hall–Kier alpha value is -1.96. The lowest BCUT2D eigenvalue weighted by Crippen LogP contribution is -2.46. The number of carbonyl (C=O) groups excluding carboxylic acids is 1. The van der Waals surface area contributed by atoms with Crippen molar-refractivity contribution in [2.24, 2.45) is 0 Å². The van der Waals surface area contributed by atoms with Crippen LogP contribution < -0.4 is 10.0 Å². The lowest BCUT2D eigenvalue weighted by Gasteiger charge is -2.20. The number of nitro benzene ring substituents is 1. The number of amides is 2. The Morgan fingerprint density at radius 1 is 1.36 bits per heavy atom. The first-order chi connectivity index (χ1) is 10.1. The van der Waals surface area contributed by atoms with E-state index in [9.17, 15) is 19.1 Å². The van der Waals surface area contributed by atoms with Crippen molar-refractivity contribution in [3.63, 3.8) is 0 Å². The van der Waals surface area contributed by atoms with Crippen molar-refractivity contribution >= 4 is 22.7 Å². The molecule has 2 amide bonds. The highest BCUT2D eigenvalue weighted by atomic mass is 32.2. The molecular weight excluding hydrogens is 306 g/mol. The van der Waals surface area contributed by atoms with E-state index < -0.39 is 27.5 Å². The van der Waals surface area contributed by atoms with Gasteiger partial charge in [-0.3, -0.25) is 14.8 Å². The molecule has 0 fully saturated rings. The maximum atomic E-state index is 12.3. The predicted molar refractivity (Wildman–Crippen MR) is 84.9 cm³/mol. The number of carbonyl (C=O) groups is 1.